The molecule has 1 fully saturated rings. The maximum atomic E-state index is 12.7. The molecule has 3 heterocycles. The minimum absolute atomic E-state index is 0.305. The van der Waals surface area contributed by atoms with Gasteiger partial charge in [-0.15, -0.1) is 11.3 Å². The van der Waals surface area contributed by atoms with Gasteiger partial charge in [0, 0.05) is 43.2 Å². The summed E-state index contributed by atoms with van der Waals surface area (Å²) in [4.78, 5) is 4.19. The maximum Gasteiger partial charge on any atom is 0.243 e. The third-order valence-electron chi connectivity index (χ3n) is 4.86. The fraction of sp³-hybridized carbons (Fsp3) is 0.412. The van der Waals surface area contributed by atoms with Gasteiger partial charge >= 0.3 is 0 Å². The number of ether oxygens (including phenoxy) is 1. The maximum absolute atomic E-state index is 12.7. The molecule has 0 aliphatic carbocycles. The molecule has 0 N–H and O–H groups in total. The summed E-state index contributed by atoms with van der Waals surface area (Å²) in [5.41, 5.74) is 1.40. The molecule has 1 aromatic heterocycles. The predicted octanol–water partition coefficient (Wildman–Crippen LogP) is 2.19. The van der Waals surface area contributed by atoms with Gasteiger partial charge < -0.3 is 4.74 Å². The van der Waals surface area contributed by atoms with Gasteiger partial charge in [0.25, 0.3) is 0 Å². The second kappa shape index (κ2) is 6.15. The summed E-state index contributed by atoms with van der Waals surface area (Å²) in [6, 6.07) is 9.19. The van der Waals surface area contributed by atoms with Crippen LogP contribution >= 0.6 is 11.3 Å². The van der Waals surface area contributed by atoms with Gasteiger partial charge in [-0.3, -0.25) is 4.90 Å². The summed E-state index contributed by atoms with van der Waals surface area (Å²) in [5, 5.41) is 2.15. The Morgan fingerprint density at radius 3 is 2.88 bits per heavy atom. The Balaban J connectivity index is 1.43. The summed E-state index contributed by atoms with van der Waals surface area (Å²) in [6.45, 7) is 3.10. The van der Waals surface area contributed by atoms with Crippen LogP contribution in [0.1, 0.15) is 10.4 Å². The molecule has 0 atom stereocenters. The fourth-order valence-electron chi connectivity index (χ4n) is 3.34. The summed E-state index contributed by atoms with van der Waals surface area (Å²) < 4.78 is 32.1. The topological polar surface area (TPSA) is 49.9 Å². The Bertz CT molecular complexity index is 841. The molecule has 0 spiro atoms. The van der Waals surface area contributed by atoms with E-state index in [9.17, 15) is 8.42 Å². The Hall–Kier alpha value is -1.41. The van der Waals surface area contributed by atoms with Crippen molar-refractivity contribution in [3.63, 3.8) is 0 Å². The van der Waals surface area contributed by atoms with Gasteiger partial charge in [0.05, 0.1) is 12.0 Å². The molecule has 0 amide bonds. The molecule has 2 aromatic rings. The average Bonchev–Trinajstić information content (AvgIpc) is 3.01. The lowest BCUT2D eigenvalue weighted by molar-refractivity contribution is 0.0775. The van der Waals surface area contributed by atoms with Crippen LogP contribution in [0.25, 0.3) is 0 Å². The molecule has 1 saturated heterocycles. The average molecular weight is 364 g/mol. The SMILES string of the molecule is COc1cccc(S(=O)(=O)N2CC(N3CCc4sccc4C3)C2)c1. The molecule has 24 heavy (non-hydrogen) atoms. The van der Waals surface area contributed by atoms with Crippen molar-refractivity contribution in [3.05, 3.63) is 46.2 Å². The van der Waals surface area contributed by atoms with Gasteiger partial charge in [0.15, 0.2) is 0 Å². The van der Waals surface area contributed by atoms with E-state index in [0.29, 0.717) is 29.8 Å². The smallest absolute Gasteiger partial charge is 0.243 e. The number of methoxy groups -OCH3 is 1. The molecule has 5 nitrogen and oxygen atoms in total. The van der Waals surface area contributed by atoms with E-state index in [1.807, 2.05) is 11.3 Å². The number of hydrogen-bond acceptors (Lipinski definition) is 5. The van der Waals surface area contributed by atoms with Crippen molar-refractivity contribution in [2.45, 2.75) is 23.9 Å². The Kier molecular flexibility index (Phi) is 4.12. The van der Waals surface area contributed by atoms with Crippen LogP contribution < -0.4 is 4.74 Å². The molecule has 0 unspecified atom stereocenters. The van der Waals surface area contributed by atoms with Crippen LogP contribution in [0.5, 0.6) is 5.75 Å². The Labute approximate surface area is 146 Å². The van der Waals surface area contributed by atoms with Crippen molar-refractivity contribution < 1.29 is 13.2 Å². The minimum Gasteiger partial charge on any atom is -0.497 e. The summed E-state index contributed by atoms with van der Waals surface area (Å²) in [7, 11) is -1.89. The normalized spacial score (nSPS) is 19.7. The van der Waals surface area contributed by atoms with E-state index in [1.165, 1.54) is 10.4 Å². The highest BCUT2D eigenvalue weighted by Gasteiger charge is 2.40. The number of thiophene rings is 1. The lowest BCUT2D eigenvalue weighted by atomic mass is 10.0. The van der Waals surface area contributed by atoms with Crippen molar-refractivity contribution in [3.8, 4) is 5.75 Å². The van der Waals surface area contributed by atoms with Gasteiger partial charge in [0.2, 0.25) is 10.0 Å². The number of benzene rings is 1. The number of hydrogen-bond donors (Lipinski definition) is 0. The third-order valence-corrected chi connectivity index (χ3v) is 7.71. The van der Waals surface area contributed by atoms with E-state index in [4.69, 9.17) is 4.74 Å². The standard InChI is InChI=1S/C17H20N2O3S2/c1-22-15-3-2-4-16(9-15)24(20,21)19-11-14(12-19)18-7-5-17-13(10-18)6-8-23-17/h2-4,6,8-9,14H,5,7,10-12H2,1H3. The molecule has 4 rings (SSSR count). The summed E-state index contributed by atoms with van der Waals surface area (Å²) >= 11 is 1.83. The molecule has 2 aliphatic heterocycles. The van der Waals surface area contributed by atoms with Crippen molar-refractivity contribution in [1.82, 2.24) is 9.21 Å². The first-order valence-corrected chi connectivity index (χ1v) is 10.3. The molecule has 7 heteroatoms. The Morgan fingerprint density at radius 2 is 2.08 bits per heavy atom. The molecule has 2 aliphatic rings. The highest BCUT2D eigenvalue weighted by molar-refractivity contribution is 7.89. The molecule has 128 valence electrons. The quantitative estimate of drug-likeness (QED) is 0.834. The summed E-state index contributed by atoms with van der Waals surface area (Å²) in [5.74, 6) is 0.564. The van der Waals surface area contributed by atoms with E-state index < -0.39 is 10.0 Å². The van der Waals surface area contributed by atoms with Crippen molar-refractivity contribution in [2.24, 2.45) is 0 Å². The molecule has 0 radical (unpaired) electrons. The number of fused-ring (bicyclic) bond motifs is 1. The van der Waals surface area contributed by atoms with E-state index in [1.54, 1.807) is 35.7 Å². The van der Waals surface area contributed by atoms with Crippen molar-refractivity contribution in [1.29, 1.82) is 0 Å². The molecule has 0 bridgehead atoms. The van der Waals surface area contributed by atoms with Crippen LogP contribution in [-0.2, 0) is 23.0 Å². The predicted molar refractivity (Wildman–Crippen MR) is 94.0 cm³/mol. The fourth-order valence-corrected chi connectivity index (χ4v) is 5.78. The van der Waals surface area contributed by atoms with E-state index in [-0.39, 0.29) is 0 Å². The lowest BCUT2D eigenvalue weighted by Gasteiger charge is -2.45. The molecular weight excluding hydrogens is 344 g/mol. The van der Waals surface area contributed by atoms with E-state index >= 15 is 0 Å². The minimum atomic E-state index is -3.43. The third kappa shape index (κ3) is 2.75. The van der Waals surface area contributed by atoms with Crippen molar-refractivity contribution >= 4 is 21.4 Å². The largest absolute Gasteiger partial charge is 0.497 e. The first-order valence-electron chi connectivity index (χ1n) is 8.01. The lowest BCUT2D eigenvalue weighted by Crippen LogP contribution is -2.61. The molecular formula is C17H20N2O3S2. The van der Waals surface area contributed by atoms with E-state index in [2.05, 4.69) is 16.3 Å². The first-order chi connectivity index (χ1) is 11.6. The van der Waals surface area contributed by atoms with Gasteiger partial charge in [-0.05, 0) is 35.6 Å². The zero-order chi connectivity index (χ0) is 16.7. The van der Waals surface area contributed by atoms with Gasteiger partial charge in [-0.25, -0.2) is 8.42 Å². The molecule has 1 aromatic carbocycles. The highest BCUT2D eigenvalue weighted by atomic mass is 32.2. The zero-order valence-electron chi connectivity index (χ0n) is 13.5. The highest BCUT2D eigenvalue weighted by Crippen LogP contribution is 2.30. The number of nitrogens with zero attached hydrogens (tertiary/aromatic N) is 2. The molecule has 0 saturated carbocycles. The van der Waals surface area contributed by atoms with Crippen LogP contribution in [0.4, 0.5) is 0 Å². The van der Waals surface area contributed by atoms with Crippen molar-refractivity contribution in [2.75, 3.05) is 26.7 Å². The van der Waals surface area contributed by atoms with Crippen LogP contribution in [0.2, 0.25) is 0 Å². The van der Waals surface area contributed by atoms with Gasteiger partial charge in [0.1, 0.15) is 5.75 Å². The van der Waals surface area contributed by atoms with Crippen LogP contribution in [0.3, 0.4) is 0 Å². The second-order valence-corrected chi connectivity index (χ2v) is 9.18. The number of sulfonamides is 1. The van der Waals surface area contributed by atoms with E-state index in [0.717, 1.165) is 19.5 Å². The monoisotopic (exact) mass is 364 g/mol. The number of rotatable bonds is 4. The Morgan fingerprint density at radius 1 is 1.25 bits per heavy atom. The van der Waals surface area contributed by atoms with Crippen LogP contribution in [0, 0.1) is 0 Å². The van der Waals surface area contributed by atoms with Gasteiger partial charge in [-0.2, -0.15) is 4.31 Å². The van der Waals surface area contributed by atoms with Crippen LogP contribution in [0.15, 0.2) is 40.6 Å². The van der Waals surface area contributed by atoms with Gasteiger partial charge in [-0.1, -0.05) is 6.07 Å². The summed E-state index contributed by atoms with van der Waals surface area (Å²) in [6.07, 6.45) is 1.08. The zero-order valence-corrected chi connectivity index (χ0v) is 15.1. The first kappa shape index (κ1) is 16.1. The van der Waals surface area contributed by atoms with Crippen LogP contribution in [-0.4, -0.2) is 50.4 Å². The second-order valence-electron chi connectivity index (χ2n) is 6.24.